The van der Waals surface area contributed by atoms with Crippen LogP contribution in [0.4, 0.5) is 0 Å². The van der Waals surface area contributed by atoms with Gasteiger partial charge in [0.2, 0.25) is 0 Å². The van der Waals surface area contributed by atoms with E-state index in [0.717, 1.165) is 48.6 Å². The number of rotatable bonds is 18. The highest BCUT2D eigenvalue weighted by molar-refractivity contribution is 6.63. The van der Waals surface area contributed by atoms with Crippen molar-refractivity contribution in [3.05, 3.63) is 47.5 Å². The zero-order chi connectivity index (χ0) is 24.7. The maximum absolute atomic E-state index is 6.25. The molecular weight excluding hydrogens is 431 g/mol. The molecule has 0 radical (unpaired) electrons. The lowest BCUT2D eigenvalue weighted by Crippen LogP contribution is -2.38. The molecule has 0 fully saturated rings. The molecule has 3 nitrogen and oxygen atoms in total. The van der Waals surface area contributed by atoms with E-state index in [-0.39, 0.29) is 7.12 Å². The quantitative estimate of drug-likeness (QED) is 0.159. The molecule has 192 valence electrons. The van der Waals surface area contributed by atoms with Crippen LogP contribution in [0.2, 0.25) is 0 Å². The lowest BCUT2D eigenvalue weighted by Gasteiger charge is -2.11. The molecule has 0 saturated carbocycles. The van der Waals surface area contributed by atoms with E-state index in [9.17, 15) is 0 Å². The van der Waals surface area contributed by atoms with E-state index < -0.39 is 0 Å². The average molecular weight is 479 g/mol. The van der Waals surface area contributed by atoms with E-state index in [2.05, 4.69) is 45.0 Å². The summed E-state index contributed by atoms with van der Waals surface area (Å²) in [5.74, 6) is 2.70. The van der Waals surface area contributed by atoms with Gasteiger partial charge in [0, 0.05) is 5.46 Å². The number of benzene rings is 2. The number of unbranched alkanes of at least 4 members (excludes halogenated alkanes) is 10. The van der Waals surface area contributed by atoms with Crippen LogP contribution in [0.3, 0.4) is 0 Å². The van der Waals surface area contributed by atoms with Gasteiger partial charge in [0.15, 0.2) is 0 Å². The zero-order valence-electron chi connectivity index (χ0n) is 22.6. The fourth-order valence-corrected chi connectivity index (χ4v) is 4.79. The Morgan fingerprint density at radius 3 is 1.63 bits per heavy atom. The summed E-state index contributed by atoms with van der Waals surface area (Å²) in [5.41, 5.74) is 3.91. The van der Waals surface area contributed by atoms with Crippen LogP contribution < -0.4 is 19.5 Å². The first-order valence-corrected chi connectivity index (χ1v) is 14.5. The van der Waals surface area contributed by atoms with Gasteiger partial charge in [-0.25, -0.2) is 0 Å². The summed E-state index contributed by atoms with van der Waals surface area (Å²) < 4.78 is 18.5. The van der Waals surface area contributed by atoms with E-state index in [1.54, 1.807) is 0 Å². The first kappa shape index (κ1) is 27.5. The van der Waals surface area contributed by atoms with Crippen LogP contribution in [0, 0.1) is 0 Å². The maximum atomic E-state index is 6.25. The molecule has 0 aromatic heterocycles. The van der Waals surface area contributed by atoms with Gasteiger partial charge in [-0.15, -0.1) is 0 Å². The third-order valence-electron chi connectivity index (χ3n) is 7.00. The first-order chi connectivity index (χ1) is 17.2. The lowest BCUT2D eigenvalue weighted by molar-refractivity contribution is 0.304. The number of aryl methyl sites for hydroxylation is 2. The fourth-order valence-electron chi connectivity index (χ4n) is 4.79. The zero-order valence-corrected chi connectivity index (χ0v) is 22.6. The van der Waals surface area contributed by atoms with Crippen LogP contribution >= 0.6 is 0 Å². The van der Waals surface area contributed by atoms with Gasteiger partial charge in [0.1, 0.15) is 17.2 Å². The molecule has 2 aromatic rings. The molecule has 0 bridgehead atoms. The summed E-state index contributed by atoms with van der Waals surface area (Å²) in [7, 11) is -0.378. The molecule has 1 heterocycles. The third kappa shape index (κ3) is 9.13. The maximum Gasteiger partial charge on any atom is 0.632 e. The van der Waals surface area contributed by atoms with E-state index in [0.29, 0.717) is 0 Å². The summed E-state index contributed by atoms with van der Waals surface area (Å²) in [6, 6.07) is 12.7. The Hall–Kier alpha value is -2.10. The van der Waals surface area contributed by atoms with Crippen molar-refractivity contribution in [3.63, 3.8) is 0 Å². The van der Waals surface area contributed by atoms with Gasteiger partial charge >= 0.3 is 7.12 Å². The second kappa shape index (κ2) is 15.8. The largest absolute Gasteiger partial charge is 0.632 e. The van der Waals surface area contributed by atoms with Crippen molar-refractivity contribution in [3.8, 4) is 17.2 Å². The first-order valence-electron chi connectivity index (χ1n) is 14.5. The minimum absolute atomic E-state index is 0.378. The minimum atomic E-state index is -0.378. The standard InChI is InChI=1S/C31H47BO3/c1-4-7-10-11-12-13-16-23-33-29-21-19-28(20-22-29)32-34-30-24-26(17-14-8-5-2)27(18-15-9-6-3)25-31(30)35-32/h19-22,24-25H,4-18,23H2,1-3H3. The summed E-state index contributed by atoms with van der Waals surface area (Å²) in [5, 5.41) is 0. The molecule has 0 aliphatic carbocycles. The topological polar surface area (TPSA) is 27.7 Å². The van der Waals surface area contributed by atoms with E-state index in [1.165, 1.54) is 88.2 Å². The smallest absolute Gasteiger partial charge is 0.519 e. The number of hydrogen-bond acceptors (Lipinski definition) is 3. The SMILES string of the molecule is CCCCCCCCCOc1ccc(B2Oc3cc(CCCCC)c(CCCCC)cc3O2)cc1. The molecule has 2 aromatic carbocycles. The highest BCUT2D eigenvalue weighted by Gasteiger charge is 2.34. The van der Waals surface area contributed by atoms with Gasteiger partial charge in [0.25, 0.3) is 0 Å². The molecule has 3 rings (SSSR count). The molecular formula is C31H47BO3. The van der Waals surface area contributed by atoms with Gasteiger partial charge in [-0.3, -0.25) is 0 Å². The van der Waals surface area contributed by atoms with Gasteiger partial charge in [-0.05, 0) is 67.5 Å². The Balaban J connectivity index is 1.51. The van der Waals surface area contributed by atoms with Crippen molar-refractivity contribution in [2.45, 2.75) is 117 Å². The second-order valence-electron chi connectivity index (χ2n) is 10.1. The van der Waals surface area contributed by atoms with Crippen molar-refractivity contribution < 1.29 is 14.0 Å². The van der Waals surface area contributed by atoms with E-state index in [1.807, 2.05) is 12.1 Å². The molecule has 4 heteroatoms. The van der Waals surface area contributed by atoms with Gasteiger partial charge in [0.05, 0.1) is 6.61 Å². The highest BCUT2D eigenvalue weighted by Crippen LogP contribution is 2.37. The van der Waals surface area contributed by atoms with E-state index in [4.69, 9.17) is 14.0 Å². The molecule has 0 spiro atoms. The van der Waals surface area contributed by atoms with Gasteiger partial charge in [-0.2, -0.15) is 0 Å². The predicted molar refractivity (Wildman–Crippen MR) is 149 cm³/mol. The third-order valence-corrected chi connectivity index (χ3v) is 7.00. The predicted octanol–water partition coefficient (Wildman–Crippen LogP) is 8.45. The van der Waals surface area contributed by atoms with Gasteiger partial charge < -0.3 is 14.0 Å². The summed E-state index contributed by atoms with van der Waals surface area (Å²) in [6.07, 6.45) is 18.9. The fraction of sp³-hybridized carbons (Fsp3) is 0.613. The van der Waals surface area contributed by atoms with Crippen LogP contribution in [-0.4, -0.2) is 13.7 Å². The Morgan fingerprint density at radius 1 is 0.600 bits per heavy atom. The van der Waals surface area contributed by atoms with Crippen LogP contribution in [0.15, 0.2) is 36.4 Å². The summed E-state index contributed by atoms with van der Waals surface area (Å²) in [6.45, 7) is 7.58. The molecule has 0 atom stereocenters. The van der Waals surface area contributed by atoms with Gasteiger partial charge in [-0.1, -0.05) is 97.1 Å². The Morgan fingerprint density at radius 2 is 1.09 bits per heavy atom. The number of fused-ring (bicyclic) bond motifs is 1. The molecule has 0 saturated heterocycles. The van der Waals surface area contributed by atoms with Crippen molar-refractivity contribution in [1.29, 1.82) is 0 Å². The molecule has 1 aliphatic rings. The number of ether oxygens (including phenoxy) is 1. The highest BCUT2D eigenvalue weighted by atomic mass is 16.6. The normalized spacial score (nSPS) is 12.4. The Labute approximate surface area is 215 Å². The minimum Gasteiger partial charge on any atom is -0.519 e. The summed E-state index contributed by atoms with van der Waals surface area (Å²) in [4.78, 5) is 0. The average Bonchev–Trinajstić information content (AvgIpc) is 3.29. The monoisotopic (exact) mass is 478 g/mol. The molecule has 35 heavy (non-hydrogen) atoms. The Kier molecular flexibility index (Phi) is 12.4. The second-order valence-corrected chi connectivity index (χ2v) is 10.1. The Bertz CT molecular complexity index is 810. The summed E-state index contributed by atoms with van der Waals surface area (Å²) >= 11 is 0. The van der Waals surface area contributed by atoms with Crippen molar-refractivity contribution >= 4 is 12.6 Å². The van der Waals surface area contributed by atoms with Crippen molar-refractivity contribution in [2.24, 2.45) is 0 Å². The van der Waals surface area contributed by atoms with Crippen LogP contribution in [0.1, 0.15) is 115 Å². The van der Waals surface area contributed by atoms with Crippen molar-refractivity contribution in [2.75, 3.05) is 6.61 Å². The molecule has 0 N–H and O–H groups in total. The molecule has 0 unspecified atom stereocenters. The van der Waals surface area contributed by atoms with Crippen molar-refractivity contribution in [1.82, 2.24) is 0 Å². The number of hydrogen-bond donors (Lipinski definition) is 0. The van der Waals surface area contributed by atoms with E-state index >= 15 is 0 Å². The van der Waals surface area contributed by atoms with Crippen LogP contribution in [0.5, 0.6) is 17.2 Å². The molecule has 0 amide bonds. The van der Waals surface area contributed by atoms with Crippen LogP contribution in [-0.2, 0) is 12.8 Å². The lowest BCUT2D eigenvalue weighted by atomic mass is 9.79. The van der Waals surface area contributed by atoms with Crippen LogP contribution in [0.25, 0.3) is 0 Å². The molecule has 1 aliphatic heterocycles.